The van der Waals surface area contributed by atoms with Gasteiger partial charge >= 0.3 is 0 Å². The molecule has 0 aromatic carbocycles. The van der Waals surface area contributed by atoms with Crippen LogP contribution in [-0.2, 0) is 4.79 Å². The molecule has 2 heterocycles. The molecule has 3 nitrogen and oxygen atoms in total. The van der Waals surface area contributed by atoms with Crippen LogP contribution >= 0.6 is 0 Å². The second kappa shape index (κ2) is 4.74. The molecule has 0 aromatic rings. The van der Waals surface area contributed by atoms with Gasteiger partial charge in [0.25, 0.3) is 0 Å². The number of nitrogens with one attached hydrogen (secondary N) is 1. The van der Waals surface area contributed by atoms with Crippen LogP contribution in [0.1, 0.15) is 39.5 Å². The van der Waals surface area contributed by atoms with Gasteiger partial charge < -0.3 is 10.2 Å². The average Bonchev–Trinajstić information content (AvgIpc) is 2.28. The molecule has 2 aliphatic heterocycles. The van der Waals surface area contributed by atoms with Crippen molar-refractivity contribution in [2.45, 2.75) is 39.5 Å². The predicted octanol–water partition coefficient (Wildman–Crippen LogP) is 1.63. The van der Waals surface area contributed by atoms with E-state index in [-0.39, 0.29) is 5.92 Å². The Morgan fingerprint density at radius 2 is 2.06 bits per heavy atom. The second-order valence-corrected chi connectivity index (χ2v) is 5.49. The molecular weight excluding hydrogens is 200 g/mol. The largest absolute Gasteiger partial charge is 0.341 e. The van der Waals surface area contributed by atoms with Crippen molar-refractivity contribution in [3.63, 3.8) is 0 Å². The van der Waals surface area contributed by atoms with Crippen molar-refractivity contribution in [2.75, 3.05) is 26.2 Å². The number of likely N-dealkylation sites (tertiary alicyclic amines) is 1. The normalized spacial score (nSPS) is 23.6. The lowest BCUT2D eigenvalue weighted by Crippen LogP contribution is -2.64. The van der Waals surface area contributed by atoms with Gasteiger partial charge in [-0.25, -0.2) is 0 Å². The Morgan fingerprint density at radius 1 is 1.38 bits per heavy atom. The third-order valence-corrected chi connectivity index (χ3v) is 4.26. The molecule has 1 N–H and O–H groups in total. The zero-order valence-corrected chi connectivity index (χ0v) is 10.6. The zero-order valence-electron chi connectivity index (χ0n) is 10.6. The van der Waals surface area contributed by atoms with E-state index < -0.39 is 0 Å². The fraction of sp³-hybridized carbons (Fsp3) is 0.923. The van der Waals surface area contributed by atoms with E-state index in [1.54, 1.807) is 0 Å². The van der Waals surface area contributed by atoms with Crippen LogP contribution in [0.25, 0.3) is 0 Å². The molecule has 1 amide bonds. The lowest BCUT2D eigenvalue weighted by molar-refractivity contribution is -0.149. The van der Waals surface area contributed by atoms with Crippen LogP contribution in [0.5, 0.6) is 0 Å². The fourth-order valence-corrected chi connectivity index (χ4v) is 3.12. The van der Waals surface area contributed by atoms with Gasteiger partial charge in [-0.05, 0) is 32.2 Å². The van der Waals surface area contributed by atoms with Gasteiger partial charge in [0.05, 0.1) is 0 Å². The summed E-state index contributed by atoms with van der Waals surface area (Å²) in [4.78, 5) is 14.2. The number of nitrogens with zero attached hydrogens (tertiary/aromatic N) is 1. The lowest BCUT2D eigenvalue weighted by atomic mass is 9.73. The summed E-state index contributed by atoms with van der Waals surface area (Å²) in [5.74, 6) is 0.648. The van der Waals surface area contributed by atoms with Gasteiger partial charge in [0, 0.05) is 31.0 Å². The van der Waals surface area contributed by atoms with Gasteiger partial charge in [-0.3, -0.25) is 4.79 Å². The third-order valence-electron chi connectivity index (χ3n) is 4.26. The quantitative estimate of drug-likeness (QED) is 0.790. The summed E-state index contributed by atoms with van der Waals surface area (Å²) in [5, 5.41) is 3.46. The van der Waals surface area contributed by atoms with E-state index in [0.717, 1.165) is 39.0 Å². The number of carbonyl (C=O) groups is 1. The van der Waals surface area contributed by atoms with Gasteiger partial charge in [-0.1, -0.05) is 13.8 Å². The lowest BCUT2D eigenvalue weighted by Gasteiger charge is -2.53. The molecule has 3 heteroatoms. The van der Waals surface area contributed by atoms with Crippen LogP contribution in [0.15, 0.2) is 0 Å². The van der Waals surface area contributed by atoms with Crippen molar-refractivity contribution in [2.24, 2.45) is 11.3 Å². The van der Waals surface area contributed by atoms with E-state index >= 15 is 0 Å². The van der Waals surface area contributed by atoms with Gasteiger partial charge in [-0.15, -0.1) is 0 Å². The number of piperidine rings is 1. The Morgan fingerprint density at radius 3 is 2.56 bits per heavy atom. The van der Waals surface area contributed by atoms with E-state index in [1.807, 2.05) is 0 Å². The predicted molar refractivity (Wildman–Crippen MR) is 65.2 cm³/mol. The molecule has 2 saturated heterocycles. The first-order valence-corrected chi connectivity index (χ1v) is 6.70. The summed E-state index contributed by atoms with van der Waals surface area (Å²) < 4.78 is 0. The van der Waals surface area contributed by atoms with Crippen LogP contribution in [-0.4, -0.2) is 37.0 Å². The minimum absolute atomic E-state index is 0.258. The highest BCUT2D eigenvalue weighted by Gasteiger charge is 2.46. The number of carbonyl (C=O) groups excluding carboxylic acids is 1. The highest BCUT2D eigenvalue weighted by atomic mass is 16.2. The number of rotatable bonds is 3. The van der Waals surface area contributed by atoms with E-state index in [1.165, 1.54) is 12.8 Å². The highest BCUT2D eigenvalue weighted by Crippen LogP contribution is 2.37. The molecule has 2 aliphatic rings. The monoisotopic (exact) mass is 224 g/mol. The molecule has 0 aliphatic carbocycles. The van der Waals surface area contributed by atoms with Gasteiger partial charge in [-0.2, -0.15) is 0 Å². The molecule has 0 unspecified atom stereocenters. The molecular formula is C13H24N2O. The summed E-state index contributed by atoms with van der Waals surface area (Å²) in [6.07, 6.45) is 4.54. The number of amides is 1. The molecule has 2 fully saturated rings. The van der Waals surface area contributed by atoms with Gasteiger partial charge in [0.1, 0.15) is 0 Å². The second-order valence-electron chi connectivity index (χ2n) is 5.49. The molecule has 92 valence electrons. The topological polar surface area (TPSA) is 32.3 Å². The van der Waals surface area contributed by atoms with E-state index in [2.05, 4.69) is 24.1 Å². The van der Waals surface area contributed by atoms with Crippen molar-refractivity contribution in [1.29, 1.82) is 0 Å². The van der Waals surface area contributed by atoms with Crippen LogP contribution in [0.2, 0.25) is 0 Å². The Bertz CT molecular complexity index is 247. The summed E-state index contributed by atoms with van der Waals surface area (Å²) in [7, 11) is 0. The van der Waals surface area contributed by atoms with Crippen molar-refractivity contribution < 1.29 is 4.79 Å². The zero-order chi connectivity index (χ0) is 11.6. The van der Waals surface area contributed by atoms with Crippen molar-refractivity contribution in [1.82, 2.24) is 10.2 Å². The van der Waals surface area contributed by atoms with Gasteiger partial charge in [0.2, 0.25) is 5.91 Å². The molecule has 0 aromatic heterocycles. The minimum Gasteiger partial charge on any atom is -0.341 e. The Balaban J connectivity index is 1.84. The maximum Gasteiger partial charge on any atom is 0.225 e. The Labute approximate surface area is 98.6 Å². The van der Waals surface area contributed by atoms with Crippen molar-refractivity contribution >= 4 is 5.91 Å². The summed E-state index contributed by atoms with van der Waals surface area (Å²) in [6, 6.07) is 0. The maximum atomic E-state index is 12.1. The van der Waals surface area contributed by atoms with E-state index in [4.69, 9.17) is 0 Å². The first-order valence-electron chi connectivity index (χ1n) is 6.70. The molecule has 1 spiro atoms. The van der Waals surface area contributed by atoms with Crippen LogP contribution in [0.3, 0.4) is 0 Å². The first-order chi connectivity index (χ1) is 7.71. The maximum absolute atomic E-state index is 12.1. The Kier molecular flexibility index (Phi) is 3.53. The third kappa shape index (κ3) is 2.10. The standard InChI is InChI=1S/C13H24N2O/c1-3-11(4-2)12(16)15-9-13(10-15)6-5-7-14-8-13/h11,14H,3-10H2,1-2H3. The molecule has 16 heavy (non-hydrogen) atoms. The Hall–Kier alpha value is -0.570. The van der Waals surface area contributed by atoms with Crippen LogP contribution in [0, 0.1) is 11.3 Å². The minimum atomic E-state index is 0.258. The molecule has 0 radical (unpaired) electrons. The fourth-order valence-electron chi connectivity index (χ4n) is 3.12. The van der Waals surface area contributed by atoms with E-state index in [0.29, 0.717) is 11.3 Å². The summed E-state index contributed by atoms with van der Waals surface area (Å²) >= 11 is 0. The first kappa shape index (κ1) is 11.9. The van der Waals surface area contributed by atoms with Crippen LogP contribution < -0.4 is 5.32 Å². The molecule has 0 atom stereocenters. The molecule has 0 bridgehead atoms. The van der Waals surface area contributed by atoms with E-state index in [9.17, 15) is 4.79 Å². The molecule has 2 rings (SSSR count). The number of hydrogen-bond donors (Lipinski definition) is 1. The van der Waals surface area contributed by atoms with Crippen molar-refractivity contribution in [3.05, 3.63) is 0 Å². The highest BCUT2D eigenvalue weighted by molar-refractivity contribution is 5.79. The van der Waals surface area contributed by atoms with Crippen LogP contribution in [0.4, 0.5) is 0 Å². The van der Waals surface area contributed by atoms with Crippen molar-refractivity contribution in [3.8, 4) is 0 Å². The smallest absolute Gasteiger partial charge is 0.225 e. The SMILES string of the molecule is CCC(CC)C(=O)N1CC2(CCCNC2)C1. The summed E-state index contributed by atoms with van der Waals surface area (Å²) in [5.41, 5.74) is 0.430. The number of hydrogen-bond acceptors (Lipinski definition) is 2. The molecule has 0 saturated carbocycles. The van der Waals surface area contributed by atoms with Gasteiger partial charge in [0.15, 0.2) is 0 Å². The average molecular weight is 224 g/mol. The summed E-state index contributed by atoms with van der Waals surface area (Å²) in [6.45, 7) is 8.49.